The highest BCUT2D eigenvalue weighted by molar-refractivity contribution is 7.90. The number of hydrogen-bond donors (Lipinski definition) is 4. The largest absolute Gasteiger partial charge is 0.481 e. The van der Waals surface area contributed by atoms with Crippen molar-refractivity contribution in [2.75, 3.05) is 11.6 Å². The zero-order valence-corrected chi connectivity index (χ0v) is 18.9. The first-order chi connectivity index (χ1) is 15.5. The molecule has 0 spiro atoms. The number of aliphatic carboxylic acids is 1. The van der Waals surface area contributed by atoms with E-state index in [4.69, 9.17) is 5.11 Å². The van der Waals surface area contributed by atoms with Gasteiger partial charge in [0.15, 0.2) is 15.6 Å². The van der Waals surface area contributed by atoms with E-state index in [9.17, 15) is 27.6 Å². The van der Waals surface area contributed by atoms with Crippen LogP contribution in [0.2, 0.25) is 0 Å². The number of carbonyl (C=O) groups is 4. The molecule has 0 saturated heterocycles. The molecule has 0 saturated carbocycles. The standard InChI is InChI=1S/C22H25N3O7S/c1-14(26)18(12-15-6-4-3-5-7-15)24-21(29)19(13-20(27)28)25-22(30)23-16-8-10-17(11-9-16)33(2,31)32/h3-11,18-19H,12-13H2,1-2H3,(H,24,29)(H,27,28)(H2,23,25,30)/t18-,19-/m0/s1. The average Bonchev–Trinajstić information content (AvgIpc) is 2.72. The smallest absolute Gasteiger partial charge is 0.319 e. The number of Topliss-reactive ketones (excluding diaryl/α,β-unsaturated/α-hetero) is 1. The fourth-order valence-corrected chi connectivity index (χ4v) is 3.54. The van der Waals surface area contributed by atoms with Crippen LogP contribution in [0.1, 0.15) is 18.9 Å². The molecule has 0 aliphatic rings. The number of benzene rings is 2. The second kappa shape index (κ2) is 11.2. The maximum atomic E-state index is 12.7. The van der Waals surface area contributed by atoms with E-state index in [1.807, 2.05) is 6.07 Å². The molecule has 10 nitrogen and oxygen atoms in total. The summed E-state index contributed by atoms with van der Waals surface area (Å²) in [6.07, 6.45) is 0.548. The van der Waals surface area contributed by atoms with Crippen molar-refractivity contribution >= 4 is 39.2 Å². The molecule has 11 heteroatoms. The fourth-order valence-electron chi connectivity index (χ4n) is 2.91. The van der Waals surface area contributed by atoms with E-state index in [1.54, 1.807) is 24.3 Å². The summed E-state index contributed by atoms with van der Waals surface area (Å²) in [6.45, 7) is 1.31. The molecule has 176 valence electrons. The Morgan fingerprint density at radius 2 is 1.52 bits per heavy atom. The normalized spacial score (nSPS) is 12.8. The minimum absolute atomic E-state index is 0.0604. The molecule has 0 aliphatic heterocycles. The van der Waals surface area contributed by atoms with E-state index in [0.717, 1.165) is 11.8 Å². The van der Waals surface area contributed by atoms with E-state index in [-0.39, 0.29) is 22.8 Å². The maximum absolute atomic E-state index is 12.7. The topological polar surface area (TPSA) is 159 Å². The monoisotopic (exact) mass is 475 g/mol. The quantitative estimate of drug-likeness (QED) is 0.404. The summed E-state index contributed by atoms with van der Waals surface area (Å²) in [5.74, 6) is -2.47. The SMILES string of the molecule is CC(=O)[C@H](Cc1ccccc1)NC(=O)[C@H](CC(=O)O)NC(=O)Nc1ccc(S(C)(=O)=O)cc1. The number of ketones is 1. The molecule has 3 amide bonds. The summed E-state index contributed by atoms with van der Waals surface area (Å²) in [5, 5.41) is 16.3. The van der Waals surface area contributed by atoms with Crippen molar-refractivity contribution in [2.45, 2.75) is 36.7 Å². The minimum Gasteiger partial charge on any atom is -0.481 e. The summed E-state index contributed by atoms with van der Waals surface area (Å²) in [6, 6.07) is 11.1. The molecule has 0 aliphatic carbocycles. The molecular weight excluding hydrogens is 450 g/mol. The summed E-state index contributed by atoms with van der Waals surface area (Å²) >= 11 is 0. The Morgan fingerprint density at radius 1 is 0.909 bits per heavy atom. The highest BCUT2D eigenvalue weighted by Gasteiger charge is 2.27. The van der Waals surface area contributed by atoms with Gasteiger partial charge in [-0.05, 0) is 43.2 Å². The van der Waals surface area contributed by atoms with Gasteiger partial charge in [0.25, 0.3) is 0 Å². The lowest BCUT2D eigenvalue weighted by molar-refractivity contribution is -0.140. The predicted octanol–water partition coefficient (Wildman–Crippen LogP) is 1.37. The van der Waals surface area contributed by atoms with Crippen molar-refractivity contribution in [2.24, 2.45) is 0 Å². The summed E-state index contributed by atoms with van der Waals surface area (Å²) in [7, 11) is -3.41. The first-order valence-electron chi connectivity index (χ1n) is 9.90. The third-order valence-corrected chi connectivity index (χ3v) is 5.76. The molecule has 2 aromatic carbocycles. The van der Waals surface area contributed by atoms with Gasteiger partial charge < -0.3 is 21.1 Å². The van der Waals surface area contributed by atoms with E-state index >= 15 is 0 Å². The highest BCUT2D eigenvalue weighted by atomic mass is 32.2. The molecule has 0 bridgehead atoms. The Bertz CT molecular complexity index is 1120. The predicted molar refractivity (Wildman–Crippen MR) is 121 cm³/mol. The molecule has 2 aromatic rings. The van der Waals surface area contributed by atoms with E-state index in [1.165, 1.54) is 31.2 Å². The van der Waals surface area contributed by atoms with Gasteiger partial charge in [0.1, 0.15) is 6.04 Å². The Kier molecular flexibility index (Phi) is 8.69. The second-order valence-corrected chi connectivity index (χ2v) is 9.42. The van der Waals surface area contributed by atoms with E-state index < -0.39 is 46.2 Å². The van der Waals surface area contributed by atoms with Crippen LogP contribution in [0.5, 0.6) is 0 Å². The number of carboxylic acids is 1. The Hall–Kier alpha value is -3.73. The minimum atomic E-state index is -3.41. The molecule has 0 aromatic heterocycles. The lowest BCUT2D eigenvalue weighted by Crippen LogP contribution is -2.53. The van der Waals surface area contributed by atoms with E-state index in [0.29, 0.717) is 0 Å². The van der Waals surface area contributed by atoms with Gasteiger partial charge in [-0.2, -0.15) is 0 Å². The third kappa shape index (κ3) is 8.37. The number of sulfone groups is 1. The lowest BCUT2D eigenvalue weighted by Gasteiger charge is -2.21. The van der Waals surface area contributed by atoms with Crippen LogP contribution in [0.4, 0.5) is 10.5 Å². The first-order valence-corrected chi connectivity index (χ1v) is 11.8. The van der Waals surface area contributed by atoms with Crippen molar-refractivity contribution in [1.29, 1.82) is 0 Å². The molecule has 0 heterocycles. The van der Waals surface area contributed by atoms with Crippen molar-refractivity contribution in [3.8, 4) is 0 Å². The molecular formula is C22H25N3O7S. The number of carboxylic acid groups (broad SMARTS) is 1. The summed E-state index contributed by atoms with van der Waals surface area (Å²) in [5.41, 5.74) is 1.04. The second-order valence-electron chi connectivity index (χ2n) is 7.41. The summed E-state index contributed by atoms with van der Waals surface area (Å²) < 4.78 is 23.0. The van der Waals surface area contributed by atoms with E-state index in [2.05, 4.69) is 16.0 Å². The number of carbonyl (C=O) groups excluding carboxylic acids is 3. The van der Waals surface area contributed by atoms with Gasteiger partial charge in [-0.15, -0.1) is 0 Å². The summed E-state index contributed by atoms with van der Waals surface area (Å²) in [4.78, 5) is 48.3. The van der Waals surface area contributed by atoms with Crippen LogP contribution in [0, 0.1) is 0 Å². The van der Waals surface area contributed by atoms with Crippen LogP contribution in [-0.2, 0) is 30.6 Å². The Labute approximate surface area is 191 Å². The van der Waals surface area contributed by atoms with Gasteiger partial charge in [0, 0.05) is 11.9 Å². The van der Waals surface area contributed by atoms with Gasteiger partial charge in [-0.3, -0.25) is 14.4 Å². The van der Waals surface area contributed by atoms with Crippen LogP contribution in [-0.4, -0.2) is 55.6 Å². The van der Waals surface area contributed by atoms with Gasteiger partial charge >= 0.3 is 12.0 Å². The van der Waals surface area contributed by atoms with Gasteiger partial charge in [0.2, 0.25) is 5.91 Å². The first kappa shape index (κ1) is 25.5. The lowest BCUT2D eigenvalue weighted by atomic mass is 10.0. The molecule has 33 heavy (non-hydrogen) atoms. The van der Waals surface area contributed by atoms with Crippen molar-refractivity contribution in [3.63, 3.8) is 0 Å². The molecule has 0 fully saturated rings. The van der Waals surface area contributed by atoms with Crippen molar-refractivity contribution < 1.29 is 32.7 Å². The Morgan fingerprint density at radius 3 is 2.03 bits per heavy atom. The highest BCUT2D eigenvalue weighted by Crippen LogP contribution is 2.14. The number of anilines is 1. The number of rotatable bonds is 10. The van der Waals surface area contributed by atoms with Gasteiger partial charge in [0.05, 0.1) is 17.4 Å². The van der Waals surface area contributed by atoms with Crippen LogP contribution < -0.4 is 16.0 Å². The van der Waals surface area contributed by atoms with Crippen LogP contribution >= 0.6 is 0 Å². The molecule has 0 radical (unpaired) electrons. The van der Waals surface area contributed by atoms with Gasteiger partial charge in [-0.1, -0.05) is 30.3 Å². The fraction of sp³-hybridized carbons (Fsp3) is 0.273. The zero-order chi connectivity index (χ0) is 24.6. The molecule has 2 rings (SSSR count). The number of amides is 3. The van der Waals surface area contributed by atoms with Crippen LogP contribution in [0.25, 0.3) is 0 Å². The number of nitrogens with one attached hydrogen (secondary N) is 3. The van der Waals surface area contributed by atoms with Crippen LogP contribution in [0.15, 0.2) is 59.5 Å². The Balaban J connectivity index is 2.07. The van der Waals surface area contributed by atoms with Crippen molar-refractivity contribution in [1.82, 2.24) is 10.6 Å². The van der Waals surface area contributed by atoms with Crippen molar-refractivity contribution in [3.05, 3.63) is 60.2 Å². The van der Waals surface area contributed by atoms with Crippen LogP contribution in [0.3, 0.4) is 0 Å². The number of urea groups is 1. The third-order valence-electron chi connectivity index (χ3n) is 4.63. The maximum Gasteiger partial charge on any atom is 0.319 e. The van der Waals surface area contributed by atoms with Gasteiger partial charge in [-0.25, -0.2) is 13.2 Å². The average molecular weight is 476 g/mol. The molecule has 0 unspecified atom stereocenters. The molecule has 2 atom stereocenters. The zero-order valence-electron chi connectivity index (χ0n) is 18.1. The molecule has 4 N–H and O–H groups in total. The number of hydrogen-bond acceptors (Lipinski definition) is 6.